The summed E-state index contributed by atoms with van der Waals surface area (Å²) < 4.78 is 1.85. The van der Waals surface area contributed by atoms with E-state index in [0.717, 1.165) is 25.1 Å². The lowest BCUT2D eigenvalue weighted by Gasteiger charge is -2.04. The monoisotopic (exact) mass is 283 g/mol. The number of amides is 1. The summed E-state index contributed by atoms with van der Waals surface area (Å²) in [5, 5.41) is 7.50. The minimum absolute atomic E-state index is 0.00159. The molecule has 0 unspecified atom stereocenters. The van der Waals surface area contributed by atoms with E-state index in [2.05, 4.69) is 29.5 Å². The first kappa shape index (κ1) is 13.9. The highest BCUT2D eigenvalue weighted by molar-refractivity contribution is 5.95. The molecule has 1 N–H and O–H groups in total. The second-order valence-electron chi connectivity index (χ2n) is 5.72. The third-order valence-electron chi connectivity index (χ3n) is 3.98. The second kappa shape index (κ2) is 5.72. The highest BCUT2D eigenvalue weighted by Gasteiger charge is 2.39. The Balaban J connectivity index is 1.63. The minimum Gasteiger partial charge on any atom is -0.349 e. The van der Waals surface area contributed by atoms with Gasteiger partial charge in [-0.15, -0.1) is 0 Å². The Labute approximate surface area is 125 Å². The van der Waals surface area contributed by atoms with Crippen molar-refractivity contribution in [1.29, 1.82) is 0 Å². The summed E-state index contributed by atoms with van der Waals surface area (Å²) in [6, 6.07) is 10.6. The van der Waals surface area contributed by atoms with Crippen LogP contribution in [0.2, 0.25) is 0 Å². The van der Waals surface area contributed by atoms with Crippen molar-refractivity contribution in [3.05, 3.63) is 53.3 Å². The average Bonchev–Trinajstić information content (AvgIpc) is 3.15. The fourth-order valence-corrected chi connectivity index (χ4v) is 2.75. The number of aryl methyl sites for hydroxylation is 2. The highest BCUT2D eigenvalue weighted by atomic mass is 16.1. The van der Waals surface area contributed by atoms with Crippen LogP contribution in [-0.4, -0.2) is 21.7 Å². The van der Waals surface area contributed by atoms with Crippen LogP contribution in [0.3, 0.4) is 0 Å². The van der Waals surface area contributed by atoms with E-state index in [1.807, 2.05) is 36.0 Å². The molecule has 1 amide bonds. The molecule has 0 spiro atoms. The number of hydrogen-bond donors (Lipinski definition) is 1. The van der Waals surface area contributed by atoms with Crippen molar-refractivity contribution in [2.45, 2.75) is 45.2 Å². The molecule has 1 aromatic carbocycles. The molecule has 4 nitrogen and oxygen atoms in total. The average molecular weight is 283 g/mol. The van der Waals surface area contributed by atoms with Gasteiger partial charge in [0.05, 0.1) is 11.3 Å². The van der Waals surface area contributed by atoms with Crippen LogP contribution in [0.1, 0.15) is 47.3 Å². The van der Waals surface area contributed by atoms with Gasteiger partial charge in [-0.05, 0) is 25.3 Å². The lowest BCUT2D eigenvalue weighted by molar-refractivity contribution is 0.0949. The maximum absolute atomic E-state index is 12.3. The molecule has 1 aliphatic rings. The molecule has 1 heterocycles. The maximum Gasteiger partial charge on any atom is 0.254 e. The SMILES string of the molecule is CCCn1cc(C(=O)N[C@@H]2C[C@H]2c2ccccc2)c(C)n1. The van der Waals surface area contributed by atoms with Crippen molar-refractivity contribution in [2.75, 3.05) is 0 Å². The molecule has 0 aliphatic heterocycles. The van der Waals surface area contributed by atoms with Gasteiger partial charge in [0.15, 0.2) is 0 Å². The van der Waals surface area contributed by atoms with Crippen LogP contribution < -0.4 is 5.32 Å². The van der Waals surface area contributed by atoms with Crippen LogP contribution >= 0.6 is 0 Å². The van der Waals surface area contributed by atoms with Crippen LogP contribution in [0.5, 0.6) is 0 Å². The van der Waals surface area contributed by atoms with E-state index in [-0.39, 0.29) is 11.9 Å². The Kier molecular flexibility index (Phi) is 3.78. The zero-order valence-corrected chi connectivity index (χ0v) is 12.5. The van der Waals surface area contributed by atoms with Crippen molar-refractivity contribution in [2.24, 2.45) is 0 Å². The summed E-state index contributed by atoms with van der Waals surface area (Å²) in [6.07, 6.45) is 3.90. The summed E-state index contributed by atoms with van der Waals surface area (Å²) in [7, 11) is 0. The predicted octanol–water partition coefficient (Wildman–Crippen LogP) is 2.89. The smallest absolute Gasteiger partial charge is 0.254 e. The Morgan fingerprint density at radius 1 is 1.38 bits per heavy atom. The normalized spacial score (nSPS) is 20.3. The van der Waals surface area contributed by atoms with E-state index in [4.69, 9.17) is 0 Å². The second-order valence-corrected chi connectivity index (χ2v) is 5.72. The molecule has 1 aliphatic carbocycles. The zero-order chi connectivity index (χ0) is 14.8. The number of carbonyl (C=O) groups is 1. The number of benzene rings is 1. The van der Waals surface area contributed by atoms with Crippen LogP contribution in [0.15, 0.2) is 36.5 Å². The summed E-state index contributed by atoms with van der Waals surface area (Å²) >= 11 is 0. The van der Waals surface area contributed by atoms with E-state index in [1.165, 1.54) is 5.56 Å². The van der Waals surface area contributed by atoms with E-state index in [0.29, 0.717) is 11.5 Å². The summed E-state index contributed by atoms with van der Waals surface area (Å²) in [5.41, 5.74) is 2.81. The number of carbonyl (C=O) groups excluding carboxylic acids is 1. The van der Waals surface area contributed by atoms with Gasteiger partial charge in [0.25, 0.3) is 5.91 Å². The van der Waals surface area contributed by atoms with Crippen LogP contribution in [0, 0.1) is 6.92 Å². The fraction of sp³-hybridized carbons (Fsp3) is 0.412. The van der Waals surface area contributed by atoms with Crippen molar-refractivity contribution in [1.82, 2.24) is 15.1 Å². The van der Waals surface area contributed by atoms with Gasteiger partial charge in [0.1, 0.15) is 0 Å². The van der Waals surface area contributed by atoms with Crippen molar-refractivity contribution >= 4 is 5.91 Å². The fourth-order valence-electron chi connectivity index (χ4n) is 2.75. The van der Waals surface area contributed by atoms with Gasteiger partial charge in [-0.3, -0.25) is 9.48 Å². The van der Waals surface area contributed by atoms with Crippen LogP contribution in [-0.2, 0) is 6.54 Å². The Morgan fingerprint density at radius 3 is 2.86 bits per heavy atom. The first-order valence-electron chi connectivity index (χ1n) is 7.59. The number of nitrogens with zero attached hydrogens (tertiary/aromatic N) is 2. The minimum atomic E-state index is -0.00159. The third kappa shape index (κ3) is 2.99. The highest BCUT2D eigenvalue weighted by Crippen LogP contribution is 2.40. The summed E-state index contributed by atoms with van der Waals surface area (Å²) in [5.74, 6) is 0.458. The third-order valence-corrected chi connectivity index (χ3v) is 3.98. The number of rotatable bonds is 5. The number of nitrogens with one attached hydrogen (secondary N) is 1. The Bertz CT molecular complexity index is 633. The molecule has 1 fully saturated rings. The standard InChI is InChI=1S/C17H21N3O/c1-3-9-20-11-15(12(2)19-20)17(21)18-16-10-14(16)13-7-5-4-6-8-13/h4-8,11,14,16H,3,9-10H2,1-2H3,(H,18,21)/t14-,16+/m0/s1. The molecule has 2 aromatic rings. The molecule has 3 rings (SSSR count). The molecule has 1 saturated carbocycles. The van der Waals surface area contributed by atoms with Gasteiger partial charge >= 0.3 is 0 Å². The largest absolute Gasteiger partial charge is 0.349 e. The zero-order valence-electron chi connectivity index (χ0n) is 12.5. The van der Waals surface area contributed by atoms with E-state index in [1.54, 1.807) is 0 Å². The molecular weight excluding hydrogens is 262 g/mol. The Morgan fingerprint density at radius 2 is 2.14 bits per heavy atom. The number of aromatic nitrogens is 2. The molecule has 2 atom stereocenters. The van der Waals surface area contributed by atoms with Crippen LogP contribution in [0.25, 0.3) is 0 Å². The summed E-state index contributed by atoms with van der Waals surface area (Å²) in [6.45, 7) is 4.85. The first-order valence-corrected chi connectivity index (χ1v) is 7.59. The predicted molar refractivity (Wildman–Crippen MR) is 82.3 cm³/mol. The van der Waals surface area contributed by atoms with Crippen LogP contribution in [0.4, 0.5) is 0 Å². The maximum atomic E-state index is 12.3. The van der Waals surface area contributed by atoms with Crippen molar-refractivity contribution in [3.63, 3.8) is 0 Å². The van der Waals surface area contributed by atoms with Gasteiger partial charge < -0.3 is 5.32 Å². The van der Waals surface area contributed by atoms with Gasteiger partial charge in [-0.25, -0.2) is 0 Å². The van der Waals surface area contributed by atoms with Crippen molar-refractivity contribution < 1.29 is 4.79 Å². The van der Waals surface area contributed by atoms with E-state index in [9.17, 15) is 4.79 Å². The molecule has 0 radical (unpaired) electrons. The van der Waals surface area contributed by atoms with Gasteiger partial charge in [-0.2, -0.15) is 5.10 Å². The molecule has 0 bridgehead atoms. The molecular formula is C17H21N3O. The van der Waals surface area contributed by atoms with E-state index >= 15 is 0 Å². The lowest BCUT2D eigenvalue weighted by atomic mass is 10.1. The topological polar surface area (TPSA) is 46.9 Å². The van der Waals surface area contributed by atoms with E-state index < -0.39 is 0 Å². The first-order chi connectivity index (χ1) is 10.2. The molecule has 4 heteroatoms. The lowest BCUT2D eigenvalue weighted by Crippen LogP contribution is -2.26. The van der Waals surface area contributed by atoms with Gasteiger partial charge in [0, 0.05) is 24.7 Å². The number of hydrogen-bond acceptors (Lipinski definition) is 2. The van der Waals surface area contributed by atoms with Gasteiger partial charge in [-0.1, -0.05) is 37.3 Å². The quantitative estimate of drug-likeness (QED) is 0.917. The molecule has 110 valence electrons. The molecule has 1 aromatic heterocycles. The molecule has 0 saturated heterocycles. The Hall–Kier alpha value is -2.10. The molecule has 21 heavy (non-hydrogen) atoms. The van der Waals surface area contributed by atoms with Gasteiger partial charge in [0.2, 0.25) is 0 Å². The van der Waals surface area contributed by atoms with Crippen molar-refractivity contribution in [3.8, 4) is 0 Å². The summed E-state index contributed by atoms with van der Waals surface area (Å²) in [4.78, 5) is 12.3.